The van der Waals surface area contributed by atoms with E-state index in [0.717, 1.165) is 0 Å². The number of hydrogen-bond acceptors (Lipinski definition) is 3. The van der Waals surface area contributed by atoms with E-state index in [2.05, 4.69) is 0 Å². The van der Waals surface area contributed by atoms with Crippen LogP contribution >= 0.6 is 0 Å². The first-order valence-corrected chi connectivity index (χ1v) is 2.69. The average molecular weight is 131 g/mol. The quantitative estimate of drug-likeness (QED) is 0.480. The van der Waals surface area contributed by atoms with Gasteiger partial charge in [-0.2, -0.15) is 0 Å². The van der Waals surface area contributed by atoms with Crippen molar-refractivity contribution in [2.75, 3.05) is 6.61 Å². The van der Waals surface area contributed by atoms with Crippen molar-refractivity contribution >= 4 is 5.97 Å². The van der Waals surface area contributed by atoms with Crippen molar-refractivity contribution in [3.05, 3.63) is 0 Å². The molecule has 9 heavy (non-hydrogen) atoms. The lowest BCUT2D eigenvalue weighted by molar-refractivity contribution is -0.143. The summed E-state index contributed by atoms with van der Waals surface area (Å²) in [5, 5.41) is 8.45. The first-order chi connectivity index (χ1) is 4.05. The minimum absolute atomic E-state index is 0.282. The molecule has 52 valence electrons. The van der Waals surface area contributed by atoms with Gasteiger partial charge in [-0.1, -0.05) is 0 Å². The molecular weight excluding hydrogens is 122 g/mol. The molecule has 1 heterocycles. The molecule has 0 spiro atoms. The first kappa shape index (κ1) is 6.51. The van der Waals surface area contributed by atoms with E-state index in [-0.39, 0.29) is 6.10 Å². The van der Waals surface area contributed by atoms with Crippen LogP contribution in [0, 0.1) is 0 Å². The molecule has 1 saturated heterocycles. The van der Waals surface area contributed by atoms with E-state index in [1.54, 1.807) is 0 Å². The topological polar surface area (TPSA) is 75.9 Å². The van der Waals surface area contributed by atoms with Crippen molar-refractivity contribution in [3.63, 3.8) is 0 Å². The molecule has 4 heteroatoms. The van der Waals surface area contributed by atoms with Crippen LogP contribution in [-0.4, -0.2) is 29.3 Å². The van der Waals surface area contributed by atoms with E-state index in [0.29, 0.717) is 6.61 Å². The molecule has 1 aliphatic rings. The highest BCUT2D eigenvalue weighted by molar-refractivity contribution is 5.79. The molecule has 3 N–H and O–H groups in total. The van der Waals surface area contributed by atoms with E-state index in [1.165, 1.54) is 6.92 Å². The van der Waals surface area contributed by atoms with Crippen molar-refractivity contribution < 1.29 is 14.6 Å². The smallest absolute Gasteiger partial charge is 0.326 e. The zero-order chi connectivity index (χ0) is 7.07. The number of carboxylic acids is 1. The van der Waals surface area contributed by atoms with E-state index >= 15 is 0 Å². The summed E-state index contributed by atoms with van der Waals surface area (Å²) < 4.78 is 4.73. The summed E-state index contributed by atoms with van der Waals surface area (Å²) in [4.78, 5) is 10.3. The SMILES string of the molecule is C[C@@](N)(C(=O)O)[C@@H]1CO1. The number of nitrogens with two attached hydrogens (primary N) is 1. The zero-order valence-electron chi connectivity index (χ0n) is 5.13. The molecule has 0 aliphatic carbocycles. The number of carbonyl (C=O) groups is 1. The third-order valence-corrected chi connectivity index (χ3v) is 1.46. The van der Waals surface area contributed by atoms with Crippen LogP contribution in [0.2, 0.25) is 0 Å². The van der Waals surface area contributed by atoms with Gasteiger partial charge in [0.1, 0.15) is 11.6 Å². The predicted octanol–water partition coefficient (Wildman–Crippen LogP) is -0.813. The van der Waals surface area contributed by atoms with Crippen LogP contribution in [0.4, 0.5) is 0 Å². The molecule has 0 aromatic rings. The molecule has 0 unspecified atom stereocenters. The van der Waals surface area contributed by atoms with Gasteiger partial charge in [-0.15, -0.1) is 0 Å². The van der Waals surface area contributed by atoms with Crippen molar-refractivity contribution in [2.45, 2.75) is 18.6 Å². The minimum Gasteiger partial charge on any atom is -0.480 e. The first-order valence-electron chi connectivity index (χ1n) is 2.69. The van der Waals surface area contributed by atoms with Crippen molar-refractivity contribution in [2.24, 2.45) is 5.73 Å². The second-order valence-corrected chi connectivity index (χ2v) is 2.41. The number of rotatable bonds is 2. The molecule has 1 rings (SSSR count). The Hall–Kier alpha value is -0.610. The fourth-order valence-corrected chi connectivity index (χ4v) is 0.532. The molecule has 0 radical (unpaired) electrons. The van der Waals surface area contributed by atoms with Crippen LogP contribution < -0.4 is 5.73 Å². The maximum atomic E-state index is 10.3. The summed E-state index contributed by atoms with van der Waals surface area (Å²) in [5.74, 6) is -1.01. The number of ether oxygens (including phenoxy) is 1. The van der Waals surface area contributed by atoms with Gasteiger partial charge in [0, 0.05) is 0 Å². The molecule has 0 aromatic carbocycles. The fourth-order valence-electron chi connectivity index (χ4n) is 0.532. The Balaban J connectivity index is 2.59. The normalized spacial score (nSPS) is 31.1. The molecule has 0 bridgehead atoms. The van der Waals surface area contributed by atoms with E-state index < -0.39 is 11.5 Å². The van der Waals surface area contributed by atoms with Gasteiger partial charge in [0.05, 0.1) is 6.61 Å². The Kier molecular flexibility index (Phi) is 1.22. The summed E-state index contributed by atoms with van der Waals surface area (Å²) in [6.45, 7) is 1.92. The second kappa shape index (κ2) is 1.68. The lowest BCUT2D eigenvalue weighted by Crippen LogP contribution is -2.49. The minimum atomic E-state index is -1.19. The Morgan fingerprint density at radius 2 is 2.44 bits per heavy atom. The van der Waals surface area contributed by atoms with Crippen molar-refractivity contribution in [1.82, 2.24) is 0 Å². The van der Waals surface area contributed by atoms with Crippen LogP contribution in [0.5, 0.6) is 0 Å². The van der Waals surface area contributed by atoms with Gasteiger partial charge in [0.15, 0.2) is 0 Å². The van der Waals surface area contributed by atoms with E-state index in [9.17, 15) is 4.79 Å². The standard InChI is InChI=1S/C5H9NO3/c1-5(6,4(7)8)3-2-9-3/h3H,2,6H2,1H3,(H,7,8)/t3-,5-/m0/s1. The van der Waals surface area contributed by atoms with Gasteiger partial charge >= 0.3 is 5.97 Å². The monoisotopic (exact) mass is 131 g/mol. The van der Waals surface area contributed by atoms with Crippen LogP contribution in [0.15, 0.2) is 0 Å². The summed E-state index contributed by atoms with van der Waals surface area (Å²) in [5.41, 5.74) is 4.15. The Labute approximate surface area is 52.6 Å². The largest absolute Gasteiger partial charge is 0.480 e. The summed E-state index contributed by atoms with van der Waals surface area (Å²) >= 11 is 0. The van der Waals surface area contributed by atoms with Gasteiger partial charge in [-0.3, -0.25) is 4.79 Å². The van der Waals surface area contributed by atoms with Crippen LogP contribution in [0.3, 0.4) is 0 Å². The maximum Gasteiger partial charge on any atom is 0.326 e. The van der Waals surface area contributed by atoms with Gasteiger partial charge < -0.3 is 15.6 Å². The summed E-state index contributed by atoms with van der Waals surface area (Å²) in [7, 11) is 0. The number of hydrogen-bond donors (Lipinski definition) is 2. The van der Waals surface area contributed by atoms with Gasteiger partial charge in [-0.05, 0) is 6.92 Å². The lowest BCUT2D eigenvalue weighted by Gasteiger charge is -2.14. The van der Waals surface area contributed by atoms with Gasteiger partial charge in [0.2, 0.25) is 0 Å². The highest BCUT2D eigenvalue weighted by Gasteiger charge is 2.46. The highest BCUT2D eigenvalue weighted by Crippen LogP contribution is 2.21. The molecule has 0 amide bonds. The molecule has 0 saturated carbocycles. The maximum absolute atomic E-state index is 10.3. The molecular formula is C5H9NO3. The summed E-state index contributed by atoms with van der Waals surface area (Å²) in [6, 6.07) is 0. The zero-order valence-corrected chi connectivity index (χ0v) is 5.13. The molecule has 1 aliphatic heterocycles. The van der Waals surface area contributed by atoms with E-state index in [1.807, 2.05) is 0 Å². The number of carboxylic acid groups (broad SMARTS) is 1. The van der Waals surface area contributed by atoms with Gasteiger partial charge in [-0.25, -0.2) is 0 Å². The number of aliphatic carboxylic acids is 1. The van der Waals surface area contributed by atoms with Crippen molar-refractivity contribution in [3.8, 4) is 0 Å². The van der Waals surface area contributed by atoms with Crippen LogP contribution in [0.1, 0.15) is 6.92 Å². The third-order valence-electron chi connectivity index (χ3n) is 1.46. The Bertz CT molecular complexity index is 139. The lowest BCUT2D eigenvalue weighted by atomic mass is 10.0. The number of epoxide rings is 1. The van der Waals surface area contributed by atoms with Crippen LogP contribution in [0.25, 0.3) is 0 Å². The summed E-state index contributed by atoms with van der Waals surface area (Å²) in [6.07, 6.45) is -0.282. The molecule has 4 nitrogen and oxygen atoms in total. The second-order valence-electron chi connectivity index (χ2n) is 2.41. The fraction of sp³-hybridized carbons (Fsp3) is 0.800. The van der Waals surface area contributed by atoms with Crippen LogP contribution in [-0.2, 0) is 9.53 Å². The Morgan fingerprint density at radius 1 is 2.00 bits per heavy atom. The van der Waals surface area contributed by atoms with Gasteiger partial charge in [0.25, 0.3) is 0 Å². The molecule has 0 aromatic heterocycles. The average Bonchev–Trinajstić information content (AvgIpc) is 2.42. The molecule has 2 atom stereocenters. The Morgan fingerprint density at radius 3 is 2.56 bits per heavy atom. The van der Waals surface area contributed by atoms with E-state index in [4.69, 9.17) is 15.6 Å². The highest BCUT2D eigenvalue weighted by atomic mass is 16.6. The molecule has 1 fully saturated rings. The third kappa shape index (κ3) is 1.04. The van der Waals surface area contributed by atoms with Crippen molar-refractivity contribution in [1.29, 1.82) is 0 Å². The predicted molar refractivity (Wildman–Crippen MR) is 30.0 cm³/mol.